The van der Waals surface area contributed by atoms with Crippen LogP contribution in [0.15, 0.2) is 59.7 Å². The molecule has 3 aromatic rings. The van der Waals surface area contributed by atoms with Crippen molar-refractivity contribution in [2.75, 3.05) is 0 Å². The zero-order valence-corrected chi connectivity index (χ0v) is 12.5. The molecule has 3 rings (SSSR count). The van der Waals surface area contributed by atoms with Gasteiger partial charge in [0.1, 0.15) is 6.54 Å². The van der Waals surface area contributed by atoms with Gasteiger partial charge in [-0.25, -0.2) is 0 Å². The standard InChI is InChI=1S/C17H14ClN3O/c18-14-6-2-3-7-15(14)20-9-12-10-21(11-17(19)22)16-8-4-1-5-13(12)16/h1-10H,11H2,(H2,19,22). The van der Waals surface area contributed by atoms with Crippen molar-refractivity contribution in [1.29, 1.82) is 0 Å². The Morgan fingerprint density at radius 1 is 1.18 bits per heavy atom. The molecular weight excluding hydrogens is 298 g/mol. The third kappa shape index (κ3) is 2.87. The normalized spacial score (nSPS) is 11.3. The molecule has 0 saturated carbocycles. The van der Waals surface area contributed by atoms with Gasteiger partial charge in [-0.3, -0.25) is 9.79 Å². The molecule has 0 aliphatic heterocycles. The Hall–Kier alpha value is -2.59. The van der Waals surface area contributed by atoms with E-state index in [0.29, 0.717) is 10.7 Å². The molecule has 2 aromatic carbocycles. The molecule has 0 aliphatic carbocycles. The van der Waals surface area contributed by atoms with Crippen LogP contribution in [0, 0.1) is 0 Å². The van der Waals surface area contributed by atoms with Gasteiger partial charge >= 0.3 is 0 Å². The number of aliphatic imine (C=N–C) groups is 1. The van der Waals surface area contributed by atoms with Crippen molar-refractivity contribution >= 4 is 40.3 Å². The van der Waals surface area contributed by atoms with Crippen LogP contribution in [0.2, 0.25) is 5.02 Å². The van der Waals surface area contributed by atoms with Crippen molar-refractivity contribution in [3.05, 3.63) is 65.3 Å². The monoisotopic (exact) mass is 311 g/mol. The Balaban J connectivity index is 2.04. The van der Waals surface area contributed by atoms with Crippen LogP contribution in [0.1, 0.15) is 5.56 Å². The number of hydrogen-bond donors (Lipinski definition) is 1. The molecular formula is C17H14ClN3O. The van der Waals surface area contributed by atoms with Gasteiger partial charge in [-0.15, -0.1) is 0 Å². The van der Waals surface area contributed by atoms with E-state index in [4.69, 9.17) is 17.3 Å². The van der Waals surface area contributed by atoms with Crippen LogP contribution in [0.25, 0.3) is 10.9 Å². The smallest absolute Gasteiger partial charge is 0.237 e. The molecule has 0 fully saturated rings. The van der Waals surface area contributed by atoms with E-state index in [1.54, 1.807) is 12.3 Å². The molecule has 1 amide bonds. The van der Waals surface area contributed by atoms with E-state index < -0.39 is 0 Å². The Kier molecular flexibility index (Phi) is 3.94. The quantitative estimate of drug-likeness (QED) is 0.736. The molecule has 0 saturated heterocycles. The Bertz CT molecular complexity index is 867. The first-order chi connectivity index (χ1) is 10.6. The summed E-state index contributed by atoms with van der Waals surface area (Å²) >= 11 is 6.10. The third-order valence-electron chi connectivity index (χ3n) is 3.34. The number of halogens is 1. The fraction of sp³-hybridized carbons (Fsp3) is 0.0588. The molecule has 5 heteroatoms. The molecule has 0 aliphatic rings. The second-order valence-electron chi connectivity index (χ2n) is 4.91. The first-order valence-electron chi connectivity index (χ1n) is 6.80. The number of nitrogens with two attached hydrogens (primary N) is 1. The second-order valence-corrected chi connectivity index (χ2v) is 5.31. The summed E-state index contributed by atoms with van der Waals surface area (Å²) in [7, 11) is 0. The summed E-state index contributed by atoms with van der Waals surface area (Å²) in [5, 5.41) is 1.61. The van der Waals surface area contributed by atoms with Crippen LogP contribution in [0.4, 0.5) is 5.69 Å². The lowest BCUT2D eigenvalue weighted by Gasteiger charge is -2.00. The molecule has 22 heavy (non-hydrogen) atoms. The number of carbonyl (C=O) groups excluding carboxylic acids is 1. The lowest BCUT2D eigenvalue weighted by molar-refractivity contribution is -0.118. The molecule has 4 nitrogen and oxygen atoms in total. The molecule has 0 radical (unpaired) electrons. The maximum Gasteiger partial charge on any atom is 0.237 e. The summed E-state index contributed by atoms with van der Waals surface area (Å²) in [6, 6.07) is 15.2. The zero-order chi connectivity index (χ0) is 15.5. The van der Waals surface area contributed by atoms with Crippen molar-refractivity contribution in [1.82, 2.24) is 4.57 Å². The van der Waals surface area contributed by atoms with Gasteiger partial charge in [-0.2, -0.15) is 0 Å². The highest BCUT2D eigenvalue weighted by Crippen LogP contribution is 2.25. The number of fused-ring (bicyclic) bond motifs is 1. The third-order valence-corrected chi connectivity index (χ3v) is 3.66. The minimum atomic E-state index is -0.379. The number of para-hydroxylation sites is 2. The van der Waals surface area contributed by atoms with Crippen LogP contribution >= 0.6 is 11.6 Å². The number of hydrogen-bond acceptors (Lipinski definition) is 2. The zero-order valence-electron chi connectivity index (χ0n) is 11.7. The topological polar surface area (TPSA) is 60.4 Å². The maximum atomic E-state index is 11.2. The summed E-state index contributed by atoms with van der Waals surface area (Å²) in [6.45, 7) is 0.139. The number of aromatic nitrogens is 1. The lowest BCUT2D eigenvalue weighted by atomic mass is 10.2. The van der Waals surface area contributed by atoms with Crippen molar-refractivity contribution in [2.45, 2.75) is 6.54 Å². The number of rotatable bonds is 4. The Morgan fingerprint density at radius 3 is 2.68 bits per heavy atom. The molecule has 2 N–H and O–H groups in total. The van der Waals surface area contributed by atoms with E-state index in [-0.39, 0.29) is 12.5 Å². The van der Waals surface area contributed by atoms with Gasteiger partial charge in [0.2, 0.25) is 5.91 Å². The van der Waals surface area contributed by atoms with E-state index >= 15 is 0 Å². The SMILES string of the molecule is NC(=O)Cn1cc(C=Nc2ccccc2Cl)c2ccccc21. The highest BCUT2D eigenvalue weighted by molar-refractivity contribution is 6.33. The molecule has 1 heterocycles. The summed E-state index contributed by atoms with van der Waals surface area (Å²) in [5.41, 5.74) is 7.86. The van der Waals surface area contributed by atoms with Gasteiger partial charge in [0.15, 0.2) is 0 Å². The van der Waals surface area contributed by atoms with Crippen molar-refractivity contribution in [2.24, 2.45) is 10.7 Å². The molecule has 0 atom stereocenters. The van der Waals surface area contributed by atoms with Crippen LogP contribution in [-0.4, -0.2) is 16.7 Å². The van der Waals surface area contributed by atoms with Crippen molar-refractivity contribution in [3.8, 4) is 0 Å². The molecule has 0 bridgehead atoms. The van der Waals surface area contributed by atoms with Crippen molar-refractivity contribution < 1.29 is 4.79 Å². The predicted molar refractivity (Wildman–Crippen MR) is 89.8 cm³/mol. The Labute approximate surface area is 132 Å². The fourth-order valence-electron chi connectivity index (χ4n) is 2.37. The summed E-state index contributed by atoms with van der Waals surface area (Å²) in [6.07, 6.45) is 3.62. The minimum absolute atomic E-state index is 0.139. The molecule has 0 unspecified atom stereocenters. The summed E-state index contributed by atoms with van der Waals surface area (Å²) < 4.78 is 1.83. The first kappa shape index (κ1) is 14.4. The lowest BCUT2D eigenvalue weighted by Crippen LogP contribution is -2.17. The summed E-state index contributed by atoms with van der Waals surface area (Å²) in [4.78, 5) is 15.6. The number of primary amides is 1. The van der Waals surface area contributed by atoms with E-state index in [0.717, 1.165) is 16.5 Å². The fourth-order valence-corrected chi connectivity index (χ4v) is 2.56. The average Bonchev–Trinajstić information content (AvgIpc) is 2.84. The van der Waals surface area contributed by atoms with E-state index in [2.05, 4.69) is 4.99 Å². The molecule has 0 spiro atoms. The summed E-state index contributed by atoms with van der Waals surface area (Å²) in [5.74, 6) is -0.379. The largest absolute Gasteiger partial charge is 0.368 e. The van der Waals surface area contributed by atoms with E-state index in [9.17, 15) is 4.79 Å². The van der Waals surface area contributed by atoms with Crippen molar-refractivity contribution in [3.63, 3.8) is 0 Å². The minimum Gasteiger partial charge on any atom is -0.368 e. The van der Waals surface area contributed by atoms with Gasteiger partial charge < -0.3 is 10.3 Å². The highest BCUT2D eigenvalue weighted by atomic mass is 35.5. The average molecular weight is 312 g/mol. The van der Waals surface area contributed by atoms with E-state index in [1.165, 1.54) is 0 Å². The predicted octanol–water partition coefficient (Wildman–Crippen LogP) is 3.53. The van der Waals surface area contributed by atoms with Crippen LogP contribution in [0.5, 0.6) is 0 Å². The molecule has 1 aromatic heterocycles. The first-order valence-corrected chi connectivity index (χ1v) is 7.18. The number of nitrogens with zero attached hydrogens (tertiary/aromatic N) is 2. The van der Waals surface area contributed by atoms with Gasteiger partial charge in [0, 0.05) is 28.9 Å². The van der Waals surface area contributed by atoms with Crippen LogP contribution in [-0.2, 0) is 11.3 Å². The van der Waals surface area contributed by atoms with Gasteiger partial charge in [-0.05, 0) is 18.2 Å². The molecule has 110 valence electrons. The van der Waals surface area contributed by atoms with Gasteiger partial charge in [0.25, 0.3) is 0 Å². The highest BCUT2D eigenvalue weighted by Gasteiger charge is 2.08. The number of amides is 1. The van der Waals surface area contributed by atoms with Crippen LogP contribution in [0.3, 0.4) is 0 Å². The van der Waals surface area contributed by atoms with E-state index in [1.807, 2.05) is 53.2 Å². The number of benzene rings is 2. The Morgan fingerprint density at radius 2 is 1.91 bits per heavy atom. The van der Waals surface area contributed by atoms with Gasteiger partial charge in [-0.1, -0.05) is 41.9 Å². The number of carbonyl (C=O) groups is 1. The second kappa shape index (κ2) is 6.03. The van der Waals surface area contributed by atoms with Crippen LogP contribution < -0.4 is 5.73 Å². The maximum absolute atomic E-state index is 11.2. The van der Waals surface area contributed by atoms with Gasteiger partial charge in [0.05, 0.1) is 10.7 Å².